The minimum absolute atomic E-state index is 0.568. The molecule has 2 rings (SSSR count). The Hall–Kier alpha value is -1.88. The van der Waals surface area contributed by atoms with E-state index >= 15 is 0 Å². The van der Waals surface area contributed by atoms with Crippen molar-refractivity contribution in [3.05, 3.63) is 41.9 Å². The second-order valence-electron chi connectivity index (χ2n) is 4.51. The summed E-state index contributed by atoms with van der Waals surface area (Å²) in [5.41, 5.74) is 7.72. The number of hydrogen-bond donors (Lipinski definition) is 1. The van der Waals surface area contributed by atoms with Gasteiger partial charge in [0.15, 0.2) is 0 Å². The molecule has 5 nitrogen and oxygen atoms in total. The van der Waals surface area contributed by atoms with Crippen LogP contribution >= 0.6 is 0 Å². The van der Waals surface area contributed by atoms with Crippen LogP contribution in [0.3, 0.4) is 0 Å². The lowest BCUT2D eigenvalue weighted by Gasteiger charge is -2.16. The zero-order chi connectivity index (χ0) is 13.0. The molecule has 0 saturated heterocycles. The Morgan fingerprint density at radius 3 is 2.83 bits per heavy atom. The van der Waals surface area contributed by atoms with E-state index < -0.39 is 0 Å². The Kier molecular flexibility index (Phi) is 3.94. The molecule has 0 atom stereocenters. The summed E-state index contributed by atoms with van der Waals surface area (Å²) in [5, 5.41) is 4.16. The van der Waals surface area contributed by atoms with Crippen LogP contribution in [0.4, 0.5) is 5.82 Å². The van der Waals surface area contributed by atoms with Gasteiger partial charge in [-0.25, -0.2) is 0 Å². The summed E-state index contributed by atoms with van der Waals surface area (Å²) in [4.78, 5) is 6.71. The smallest absolute Gasteiger partial charge is 0.145 e. The molecule has 0 saturated carbocycles. The summed E-state index contributed by atoms with van der Waals surface area (Å²) >= 11 is 0. The minimum Gasteiger partial charge on any atom is -0.382 e. The van der Waals surface area contributed by atoms with Crippen LogP contribution < -0.4 is 5.73 Å². The van der Waals surface area contributed by atoms with E-state index in [1.807, 2.05) is 36.0 Å². The molecule has 5 heteroatoms. The minimum atomic E-state index is 0.568. The zero-order valence-electron chi connectivity index (χ0n) is 10.9. The molecule has 2 N–H and O–H groups in total. The Morgan fingerprint density at radius 1 is 1.33 bits per heavy atom. The van der Waals surface area contributed by atoms with E-state index in [2.05, 4.69) is 28.1 Å². The Balaban J connectivity index is 1.83. The van der Waals surface area contributed by atoms with E-state index in [0.717, 1.165) is 31.0 Å². The van der Waals surface area contributed by atoms with Crippen molar-refractivity contribution in [2.75, 3.05) is 19.3 Å². The number of rotatable bonds is 5. The number of nitrogen functional groups attached to an aromatic ring is 1. The first-order valence-electron chi connectivity index (χ1n) is 6.03. The third-order valence-electron chi connectivity index (χ3n) is 2.75. The number of likely N-dealkylation sites (N-methyl/N-ethyl adjacent to an activating group) is 1. The average molecular weight is 245 g/mol. The molecule has 0 aliphatic carbocycles. The molecule has 96 valence electrons. The van der Waals surface area contributed by atoms with Crippen molar-refractivity contribution in [2.24, 2.45) is 0 Å². The second-order valence-corrected chi connectivity index (χ2v) is 4.51. The number of hydrogen-bond acceptors (Lipinski definition) is 4. The molecular weight excluding hydrogens is 226 g/mol. The first-order valence-corrected chi connectivity index (χ1v) is 6.03. The first-order chi connectivity index (χ1) is 8.63. The van der Waals surface area contributed by atoms with Gasteiger partial charge in [-0.1, -0.05) is 6.07 Å². The predicted molar refractivity (Wildman–Crippen MR) is 71.9 cm³/mol. The van der Waals surface area contributed by atoms with Crippen LogP contribution in [0.2, 0.25) is 0 Å². The van der Waals surface area contributed by atoms with Gasteiger partial charge in [-0.2, -0.15) is 5.10 Å². The van der Waals surface area contributed by atoms with Crippen molar-refractivity contribution in [2.45, 2.75) is 20.0 Å². The fraction of sp³-hybridized carbons (Fsp3) is 0.385. The average Bonchev–Trinajstić information content (AvgIpc) is 2.73. The van der Waals surface area contributed by atoms with Gasteiger partial charge in [0, 0.05) is 25.0 Å². The second kappa shape index (κ2) is 5.64. The highest BCUT2D eigenvalue weighted by Gasteiger charge is 2.02. The molecule has 0 unspecified atom stereocenters. The van der Waals surface area contributed by atoms with Crippen LogP contribution in [0.5, 0.6) is 0 Å². The maximum absolute atomic E-state index is 5.57. The van der Waals surface area contributed by atoms with Crippen LogP contribution in [-0.2, 0) is 13.1 Å². The fourth-order valence-corrected chi connectivity index (χ4v) is 1.82. The number of nitrogens with zero attached hydrogens (tertiary/aromatic N) is 4. The summed E-state index contributed by atoms with van der Waals surface area (Å²) in [6.07, 6.45) is 1.90. The van der Waals surface area contributed by atoms with Crippen LogP contribution in [0.1, 0.15) is 11.4 Å². The lowest BCUT2D eigenvalue weighted by molar-refractivity contribution is 0.302. The number of anilines is 1. The summed E-state index contributed by atoms with van der Waals surface area (Å²) < 4.78 is 1.86. The maximum atomic E-state index is 5.57. The lowest BCUT2D eigenvalue weighted by Crippen LogP contribution is -2.23. The topological polar surface area (TPSA) is 60.0 Å². The zero-order valence-corrected chi connectivity index (χ0v) is 10.9. The van der Waals surface area contributed by atoms with Crippen LogP contribution in [0.15, 0.2) is 30.5 Å². The van der Waals surface area contributed by atoms with Gasteiger partial charge in [0.2, 0.25) is 0 Å². The predicted octanol–water partition coefficient (Wildman–Crippen LogP) is 1.30. The fourth-order valence-electron chi connectivity index (χ4n) is 1.82. The lowest BCUT2D eigenvalue weighted by atomic mass is 10.3. The third kappa shape index (κ3) is 3.56. The van der Waals surface area contributed by atoms with E-state index in [9.17, 15) is 0 Å². The number of aryl methyl sites for hydroxylation is 1. The van der Waals surface area contributed by atoms with E-state index in [1.54, 1.807) is 0 Å². The van der Waals surface area contributed by atoms with Crippen molar-refractivity contribution in [1.29, 1.82) is 0 Å². The number of nitrogens with two attached hydrogens (primary N) is 1. The SMILES string of the molecule is Cc1cccc(CN(C)CCn2ccc(N)n2)n1. The first kappa shape index (κ1) is 12.6. The van der Waals surface area contributed by atoms with Crippen molar-refractivity contribution < 1.29 is 0 Å². The van der Waals surface area contributed by atoms with Gasteiger partial charge < -0.3 is 5.73 Å². The van der Waals surface area contributed by atoms with Gasteiger partial charge in [-0.15, -0.1) is 0 Å². The van der Waals surface area contributed by atoms with Gasteiger partial charge in [0.05, 0.1) is 12.2 Å². The van der Waals surface area contributed by atoms with E-state index in [-0.39, 0.29) is 0 Å². The maximum Gasteiger partial charge on any atom is 0.145 e. The number of pyridine rings is 1. The number of aromatic nitrogens is 3. The molecular formula is C13H19N5. The Labute approximate surface area is 107 Å². The largest absolute Gasteiger partial charge is 0.382 e. The van der Waals surface area contributed by atoms with Crippen molar-refractivity contribution in [3.63, 3.8) is 0 Å². The highest BCUT2D eigenvalue weighted by Crippen LogP contribution is 2.02. The van der Waals surface area contributed by atoms with Gasteiger partial charge in [-0.05, 0) is 32.2 Å². The molecule has 0 aliphatic heterocycles. The van der Waals surface area contributed by atoms with Gasteiger partial charge >= 0.3 is 0 Å². The van der Waals surface area contributed by atoms with Crippen molar-refractivity contribution >= 4 is 5.82 Å². The summed E-state index contributed by atoms with van der Waals surface area (Å²) in [7, 11) is 2.08. The summed E-state index contributed by atoms with van der Waals surface area (Å²) in [5.74, 6) is 0.568. The van der Waals surface area contributed by atoms with Crippen LogP contribution in [0, 0.1) is 6.92 Å². The molecule has 0 aromatic carbocycles. The monoisotopic (exact) mass is 245 g/mol. The normalized spacial score (nSPS) is 11.1. The molecule has 0 radical (unpaired) electrons. The van der Waals surface area contributed by atoms with Gasteiger partial charge in [0.25, 0.3) is 0 Å². The molecule has 0 aliphatic rings. The van der Waals surface area contributed by atoms with E-state index in [4.69, 9.17) is 5.73 Å². The molecule has 0 spiro atoms. The molecule has 0 amide bonds. The Morgan fingerprint density at radius 2 is 2.17 bits per heavy atom. The molecule has 18 heavy (non-hydrogen) atoms. The van der Waals surface area contributed by atoms with Crippen LogP contribution in [-0.4, -0.2) is 33.3 Å². The molecule has 2 aromatic heterocycles. The highest BCUT2D eigenvalue weighted by molar-refractivity contribution is 5.23. The van der Waals surface area contributed by atoms with Gasteiger partial charge in [-0.3, -0.25) is 14.6 Å². The standard InChI is InChI=1S/C13H19N5/c1-11-4-3-5-12(15-11)10-17(2)8-9-18-7-6-13(14)16-18/h3-7H,8-10H2,1-2H3,(H2,14,16). The van der Waals surface area contributed by atoms with Gasteiger partial charge in [0.1, 0.15) is 5.82 Å². The van der Waals surface area contributed by atoms with E-state index in [0.29, 0.717) is 5.82 Å². The quantitative estimate of drug-likeness (QED) is 0.862. The molecule has 2 heterocycles. The Bertz CT molecular complexity index is 506. The highest BCUT2D eigenvalue weighted by atomic mass is 15.3. The van der Waals surface area contributed by atoms with E-state index in [1.165, 1.54) is 0 Å². The summed E-state index contributed by atoms with van der Waals surface area (Å²) in [6, 6.07) is 7.91. The molecule has 0 bridgehead atoms. The summed E-state index contributed by atoms with van der Waals surface area (Å²) in [6.45, 7) is 4.60. The third-order valence-corrected chi connectivity index (χ3v) is 2.75. The molecule has 0 fully saturated rings. The van der Waals surface area contributed by atoms with Crippen LogP contribution in [0.25, 0.3) is 0 Å². The van der Waals surface area contributed by atoms with Crippen molar-refractivity contribution in [1.82, 2.24) is 19.7 Å². The molecule has 2 aromatic rings. The van der Waals surface area contributed by atoms with Crippen molar-refractivity contribution in [3.8, 4) is 0 Å².